The minimum Gasteiger partial charge on any atom is -0.397 e. The van der Waals surface area contributed by atoms with Crippen LogP contribution in [0.4, 0.5) is 0 Å². The number of hydrogen-bond donors (Lipinski definition) is 1. The van der Waals surface area contributed by atoms with Crippen LogP contribution in [0, 0.1) is 0 Å². The van der Waals surface area contributed by atoms with Gasteiger partial charge in [0.05, 0.1) is 0 Å². The molecule has 0 aromatic rings. The van der Waals surface area contributed by atoms with Gasteiger partial charge in [-0.25, -0.2) is 0 Å². The summed E-state index contributed by atoms with van der Waals surface area (Å²) in [5, 5.41) is 7.57. The molecule has 0 rings (SSSR count). The van der Waals surface area contributed by atoms with Crippen LogP contribution in [0.3, 0.4) is 0 Å². The number of aliphatic hydroxyl groups excluding tert-OH is 1. The molecule has 0 aromatic heterocycles. The summed E-state index contributed by atoms with van der Waals surface area (Å²) in [6.07, 6.45) is 0. The molecule has 0 atom stereocenters. The second-order valence-electron chi connectivity index (χ2n) is 0.316. The minimum absolute atomic E-state index is 0. The van der Waals surface area contributed by atoms with Crippen LogP contribution < -0.4 is 0 Å². The van der Waals surface area contributed by atoms with Gasteiger partial charge in [-0.05, 0) is 6.92 Å². The van der Waals surface area contributed by atoms with Gasteiger partial charge in [-0.15, -0.1) is 0 Å². The predicted octanol–water partition coefficient (Wildman–Crippen LogP) is -0.920. The monoisotopic (exact) mass is 120 g/mol. The van der Waals surface area contributed by atoms with E-state index >= 15 is 0 Å². The molecule has 0 bridgehead atoms. The van der Waals surface area contributed by atoms with Crippen molar-refractivity contribution < 1.29 is 26.8 Å². The molecule has 0 heterocycles. The van der Waals surface area contributed by atoms with Gasteiger partial charge in [0.15, 0.2) is 0 Å². The fourth-order valence-electron chi connectivity index (χ4n) is 0. The maximum Gasteiger partial charge on any atom is 0.316 e. The zero-order chi connectivity index (χ0) is 2.71. The third kappa shape index (κ3) is 31.0. The van der Waals surface area contributed by atoms with Crippen molar-refractivity contribution in [1.82, 2.24) is 0 Å². The molecule has 0 radical (unpaired) electrons. The van der Waals surface area contributed by atoms with E-state index in [2.05, 4.69) is 0 Å². The normalized spacial score (nSPS) is 3.60. The second-order valence-corrected chi connectivity index (χ2v) is 0.316. The third-order valence-corrected chi connectivity index (χ3v) is 0. The van der Waals surface area contributed by atoms with Crippen molar-refractivity contribution in [3.8, 4) is 0 Å². The Morgan fingerprint density at radius 1 is 1.60 bits per heavy atom. The molecule has 0 aliphatic rings. The van der Waals surface area contributed by atoms with E-state index in [0.29, 0.717) is 0 Å². The van der Waals surface area contributed by atoms with Gasteiger partial charge >= 0.3 is 23.1 Å². The molecule has 0 aromatic carbocycles. The average Bonchev–Trinajstić information content (AvgIpc) is 0.918. The van der Waals surface area contributed by atoms with Crippen molar-refractivity contribution in [1.29, 1.82) is 0 Å². The van der Waals surface area contributed by atoms with Crippen LogP contribution in [0.2, 0.25) is 0 Å². The Labute approximate surface area is 63.2 Å². The zero-order valence-electron chi connectivity index (χ0n) is 2.65. The Morgan fingerprint density at radius 2 is 1.60 bits per heavy atom. The summed E-state index contributed by atoms with van der Waals surface area (Å²) in [5.41, 5.74) is 0. The molecule has 0 spiro atoms. The molecule has 0 saturated carbocycles. The SMILES string of the molecule is CCO.[MgH2].[Ti]. The van der Waals surface area contributed by atoms with Crippen molar-refractivity contribution in [3.63, 3.8) is 0 Å². The molecule has 1 nitrogen and oxygen atoms in total. The number of hydrogen-bond acceptors (Lipinski definition) is 1. The molecule has 3 heteroatoms. The van der Waals surface area contributed by atoms with Gasteiger partial charge in [-0.3, -0.25) is 0 Å². The first-order valence-corrected chi connectivity index (χ1v) is 1.02. The van der Waals surface area contributed by atoms with Crippen molar-refractivity contribution in [2.45, 2.75) is 6.92 Å². The Balaban J connectivity index is -0.0000000200. The van der Waals surface area contributed by atoms with Crippen molar-refractivity contribution in [2.75, 3.05) is 6.61 Å². The molecule has 0 unspecified atom stereocenters. The topological polar surface area (TPSA) is 20.2 Å². The molecule has 0 aliphatic heterocycles. The third-order valence-electron chi connectivity index (χ3n) is 0. The molecule has 0 aliphatic carbocycles. The van der Waals surface area contributed by atoms with Gasteiger partial charge in [0.25, 0.3) is 0 Å². The van der Waals surface area contributed by atoms with Gasteiger partial charge < -0.3 is 5.11 Å². The summed E-state index contributed by atoms with van der Waals surface area (Å²) in [6, 6.07) is 0. The van der Waals surface area contributed by atoms with Gasteiger partial charge in [-0.2, -0.15) is 0 Å². The Kier molecular flexibility index (Phi) is 58.0. The molecule has 28 valence electrons. The summed E-state index contributed by atoms with van der Waals surface area (Å²) in [7, 11) is 0. The van der Waals surface area contributed by atoms with E-state index in [1.807, 2.05) is 0 Å². The van der Waals surface area contributed by atoms with E-state index in [1.54, 1.807) is 6.92 Å². The van der Waals surface area contributed by atoms with E-state index in [9.17, 15) is 0 Å². The minimum atomic E-state index is 0. The first-order valence-electron chi connectivity index (χ1n) is 1.02. The molecular formula is C2H8MgOTi. The maximum atomic E-state index is 7.57. The maximum absolute atomic E-state index is 7.57. The molecule has 0 fully saturated rings. The van der Waals surface area contributed by atoms with Gasteiger partial charge in [0.2, 0.25) is 0 Å². The summed E-state index contributed by atoms with van der Waals surface area (Å²) >= 11 is 0. The standard InChI is InChI=1S/C2H6O.Mg.Ti.2H/c1-2-3;;;;/h3H,2H2,1H3;;;;. The fourth-order valence-corrected chi connectivity index (χ4v) is 0. The molecule has 0 amide bonds. The Morgan fingerprint density at radius 3 is 1.60 bits per heavy atom. The van der Waals surface area contributed by atoms with E-state index < -0.39 is 0 Å². The van der Waals surface area contributed by atoms with Gasteiger partial charge in [0.1, 0.15) is 0 Å². The van der Waals surface area contributed by atoms with Crippen LogP contribution in [0.25, 0.3) is 0 Å². The zero-order valence-corrected chi connectivity index (χ0v) is 4.22. The molecule has 1 N–H and O–H groups in total. The smallest absolute Gasteiger partial charge is 0.316 e. The summed E-state index contributed by atoms with van der Waals surface area (Å²) < 4.78 is 0. The predicted molar refractivity (Wildman–Crippen MR) is 21.3 cm³/mol. The average molecular weight is 120 g/mol. The molecular weight excluding hydrogens is 112 g/mol. The summed E-state index contributed by atoms with van der Waals surface area (Å²) in [4.78, 5) is 0. The van der Waals surface area contributed by atoms with Gasteiger partial charge in [0, 0.05) is 28.3 Å². The number of aliphatic hydroxyl groups is 1. The van der Waals surface area contributed by atoms with Crippen molar-refractivity contribution in [3.05, 3.63) is 0 Å². The summed E-state index contributed by atoms with van der Waals surface area (Å²) in [5.74, 6) is 0. The van der Waals surface area contributed by atoms with Crippen LogP contribution in [0.5, 0.6) is 0 Å². The van der Waals surface area contributed by atoms with Crippen LogP contribution in [-0.4, -0.2) is 34.8 Å². The Bertz CT molecular complexity index is 9.61. The van der Waals surface area contributed by atoms with Crippen molar-refractivity contribution in [2.24, 2.45) is 0 Å². The largest absolute Gasteiger partial charge is 0.397 e. The Hall–Kier alpha value is 1.44. The number of rotatable bonds is 0. The van der Waals surface area contributed by atoms with Crippen LogP contribution in [0.15, 0.2) is 0 Å². The fraction of sp³-hybridized carbons (Fsp3) is 1.00. The van der Waals surface area contributed by atoms with E-state index in [-0.39, 0.29) is 51.4 Å². The van der Waals surface area contributed by atoms with Crippen LogP contribution in [-0.2, 0) is 21.7 Å². The van der Waals surface area contributed by atoms with Gasteiger partial charge in [-0.1, -0.05) is 0 Å². The quantitative estimate of drug-likeness (QED) is 0.410. The molecule has 5 heavy (non-hydrogen) atoms. The first kappa shape index (κ1) is 16.1. The molecule has 0 saturated heterocycles. The van der Waals surface area contributed by atoms with Crippen molar-refractivity contribution >= 4 is 23.1 Å². The van der Waals surface area contributed by atoms with E-state index in [0.717, 1.165) is 0 Å². The van der Waals surface area contributed by atoms with Crippen LogP contribution >= 0.6 is 0 Å². The van der Waals surface area contributed by atoms with Crippen LogP contribution in [0.1, 0.15) is 6.92 Å². The first-order chi connectivity index (χ1) is 1.41. The van der Waals surface area contributed by atoms with E-state index in [4.69, 9.17) is 5.11 Å². The second kappa shape index (κ2) is 18.0. The summed E-state index contributed by atoms with van der Waals surface area (Å²) in [6.45, 7) is 1.93. The van der Waals surface area contributed by atoms with E-state index in [1.165, 1.54) is 0 Å².